The van der Waals surface area contributed by atoms with Crippen molar-refractivity contribution >= 4 is 30.2 Å². The SMILES string of the molecule is COc1cc(/C=C/c2ccc(NC(=O)OC(C)(C)C)cc2)ccc1C=O. The fourth-order valence-electron chi connectivity index (χ4n) is 2.22. The number of rotatable bonds is 5. The van der Waals surface area contributed by atoms with Crippen LogP contribution < -0.4 is 10.1 Å². The van der Waals surface area contributed by atoms with Crippen LogP contribution in [-0.4, -0.2) is 25.1 Å². The Balaban J connectivity index is 2.04. The molecule has 2 rings (SSSR count). The first-order chi connectivity index (χ1) is 12.3. The number of aldehydes is 1. The van der Waals surface area contributed by atoms with Crippen LogP contribution in [-0.2, 0) is 4.74 Å². The maximum absolute atomic E-state index is 11.8. The van der Waals surface area contributed by atoms with Crippen LogP contribution in [0, 0.1) is 0 Å². The largest absolute Gasteiger partial charge is 0.496 e. The topological polar surface area (TPSA) is 64.6 Å². The third kappa shape index (κ3) is 5.77. The maximum atomic E-state index is 11.8. The molecule has 26 heavy (non-hydrogen) atoms. The number of carbonyl (C=O) groups excluding carboxylic acids is 2. The highest BCUT2D eigenvalue weighted by atomic mass is 16.6. The Bertz CT molecular complexity index is 802. The van der Waals surface area contributed by atoms with Gasteiger partial charge in [-0.05, 0) is 56.2 Å². The van der Waals surface area contributed by atoms with Gasteiger partial charge in [-0.2, -0.15) is 0 Å². The van der Waals surface area contributed by atoms with Crippen LogP contribution >= 0.6 is 0 Å². The summed E-state index contributed by atoms with van der Waals surface area (Å²) in [6.45, 7) is 5.45. The molecule has 0 fully saturated rings. The number of amides is 1. The van der Waals surface area contributed by atoms with Crippen molar-refractivity contribution in [3.05, 3.63) is 59.2 Å². The van der Waals surface area contributed by atoms with E-state index in [1.807, 2.05) is 51.1 Å². The highest BCUT2D eigenvalue weighted by molar-refractivity contribution is 5.85. The molecule has 0 heterocycles. The van der Waals surface area contributed by atoms with Gasteiger partial charge < -0.3 is 9.47 Å². The van der Waals surface area contributed by atoms with Crippen molar-refractivity contribution in [2.45, 2.75) is 26.4 Å². The monoisotopic (exact) mass is 353 g/mol. The predicted molar refractivity (Wildman–Crippen MR) is 104 cm³/mol. The summed E-state index contributed by atoms with van der Waals surface area (Å²) in [4.78, 5) is 22.7. The molecule has 0 unspecified atom stereocenters. The molecule has 0 saturated heterocycles. The van der Waals surface area contributed by atoms with Crippen LogP contribution in [0.2, 0.25) is 0 Å². The van der Waals surface area contributed by atoms with Crippen molar-refractivity contribution < 1.29 is 19.1 Å². The smallest absolute Gasteiger partial charge is 0.412 e. The first-order valence-electron chi connectivity index (χ1n) is 8.22. The van der Waals surface area contributed by atoms with Gasteiger partial charge in [0, 0.05) is 5.69 Å². The van der Waals surface area contributed by atoms with Crippen molar-refractivity contribution in [1.29, 1.82) is 0 Å². The van der Waals surface area contributed by atoms with Gasteiger partial charge in [0.1, 0.15) is 11.4 Å². The van der Waals surface area contributed by atoms with E-state index >= 15 is 0 Å². The lowest BCUT2D eigenvalue weighted by Gasteiger charge is -2.19. The van der Waals surface area contributed by atoms with Crippen molar-refractivity contribution in [3.63, 3.8) is 0 Å². The Labute approximate surface area is 153 Å². The molecular formula is C21H23NO4. The quantitative estimate of drug-likeness (QED) is 0.605. The van der Waals surface area contributed by atoms with Gasteiger partial charge in [0.15, 0.2) is 6.29 Å². The summed E-state index contributed by atoms with van der Waals surface area (Å²) in [6, 6.07) is 12.8. The van der Waals surface area contributed by atoms with E-state index in [1.54, 1.807) is 24.3 Å². The molecule has 0 aliphatic rings. The Morgan fingerprint density at radius 2 is 1.62 bits per heavy atom. The summed E-state index contributed by atoms with van der Waals surface area (Å²) in [5.74, 6) is 0.541. The number of ether oxygens (including phenoxy) is 2. The van der Waals surface area contributed by atoms with Gasteiger partial charge in [0.25, 0.3) is 0 Å². The minimum atomic E-state index is -0.535. The molecule has 0 aliphatic carbocycles. The molecule has 1 N–H and O–H groups in total. The third-order valence-corrected chi connectivity index (χ3v) is 3.41. The second-order valence-corrected chi connectivity index (χ2v) is 6.70. The first kappa shape index (κ1) is 19.2. The number of hydrogen-bond donors (Lipinski definition) is 1. The van der Waals surface area contributed by atoms with Gasteiger partial charge in [0.05, 0.1) is 12.7 Å². The van der Waals surface area contributed by atoms with E-state index in [1.165, 1.54) is 7.11 Å². The number of methoxy groups -OCH3 is 1. The van der Waals surface area contributed by atoms with Crippen LogP contribution in [0.1, 0.15) is 42.3 Å². The van der Waals surface area contributed by atoms with Gasteiger partial charge in [0.2, 0.25) is 0 Å². The Morgan fingerprint density at radius 1 is 1.00 bits per heavy atom. The fourth-order valence-corrected chi connectivity index (χ4v) is 2.22. The molecule has 2 aromatic carbocycles. The summed E-state index contributed by atoms with van der Waals surface area (Å²) in [5, 5.41) is 2.69. The zero-order valence-corrected chi connectivity index (χ0v) is 15.4. The molecule has 0 radical (unpaired) electrons. The molecule has 5 heteroatoms. The minimum absolute atomic E-state index is 0.483. The fraction of sp³-hybridized carbons (Fsp3) is 0.238. The third-order valence-electron chi connectivity index (χ3n) is 3.41. The van der Waals surface area contributed by atoms with Crippen LogP contribution in [0.4, 0.5) is 10.5 Å². The molecule has 136 valence electrons. The number of anilines is 1. The van der Waals surface area contributed by atoms with Crippen LogP contribution in [0.3, 0.4) is 0 Å². The van der Waals surface area contributed by atoms with E-state index < -0.39 is 11.7 Å². The highest BCUT2D eigenvalue weighted by Crippen LogP contribution is 2.20. The number of benzene rings is 2. The van der Waals surface area contributed by atoms with Crippen molar-refractivity contribution in [2.75, 3.05) is 12.4 Å². The van der Waals surface area contributed by atoms with E-state index in [2.05, 4.69) is 5.32 Å². The predicted octanol–water partition coefficient (Wildman–Crippen LogP) is 5.03. The van der Waals surface area contributed by atoms with Crippen LogP contribution in [0.15, 0.2) is 42.5 Å². The molecule has 0 bridgehead atoms. The lowest BCUT2D eigenvalue weighted by molar-refractivity contribution is 0.0636. The summed E-state index contributed by atoms with van der Waals surface area (Å²) in [6.07, 6.45) is 4.14. The van der Waals surface area contributed by atoms with Gasteiger partial charge in [-0.25, -0.2) is 4.79 Å². The second-order valence-electron chi connectivity index (χ2n) is 6.70. The van der Waals surface area contributed by atoms with Crippen molar-refractivity contribution in [2.24, 2.45) is 0 Å². The number of carbonyl (C=O) groups is 2. The van der Waals surface area contributed by atoms with Crippen LogP contribution in [0.5, 0.6) is 5.75 Å². The van der Waals surface area contributed by atoms with E-state index in [9.17, 15) is 9.59 Å². The van der Waals surface area contributed by atoms with E-state index in [0.717, 1.165) is 17.4 Å². The van der Waals surface area contributed by atoms with Crippen molar-refractivity contribution in [3.8, 4) is 5.75 Å². The summed E-state index contributed by atoms with van der Waals surface area (Å²) in [7, 11) is 1.53. The molecule has 2 aromatic rings. The first-order valence-corrected chi connectivity index (χ1v) is 8.22. The molecule has 0 aliphatic heterocycles. The molecule has 1 amide bonds. The lowest BCUT2D eigenvalue weighted by atomic mass is 10.1. The molecule has 0 spiro atoms. The van der Waals surface area contributed by atoms with Gasteiger partial charge >= 0.3 is 6.09 Å². The number of nitrogens with one attached hydrogen (secondary N) is 1. The number of hydrogen-bond acceptors (Lipinski definition) is 4. The zero-order chi connectivity index (χ0) is 19.2. The van der Waals surface area contributed by atoms with Gasteiger partial charge in [-0.15, -0.1) is 0 Å². The summed E-state index contributed by atoms with van der Waals surface area (Å²) in [5.41, 5.74) is 2.53. The average molecular weight is 353 g/mol. The summed E-state index contributed by atoms with van der Waals surface area (Å²) < 4.78 is 10.4. The molecular weight excluding hydrogens is 330 g/mol. The molecule has 5 nitrogen and oxygen atoms in total. The summed E-state index contributed by atoms with van der Waals surface area (Å²) >= 11 is 0. The minimum Gasteiger partial charge on any atom is -0.496 e. The van der Waals surface area contributed by atoms with Crippen molar-refractivity contribution in [1.82, 2.24) is 0 Å². The normalized spacial score (nSPS) is 11.2. The average Bonchev–Trinajstić information content (AvgIpc) is 2.59. The molecule has 0 aromatic heterocycles. The molecule has 0 atom stereocenters. The van der Waals surface area contributed by atoms with Gasteiger partial charge in [-0.1, -0.05) is 30.4 Å². The van der Waals surface area contributed by atoms with Crippen LogP contribution in [0.25, 0.3) is 12.2 Å². The van der Waals surface area contributed by atoms with Gasteiger partial charge in [-0.3, -0.25) is 10.1 Å². The zero-order valence-electron chi connectivity index (χ0n) is 15.4. The Hall–Kier alpha value is -3.08. The van der Waals surface area contributed by atoms with E-state index in [-0.39, 0.29) is 0 Å². The van der Waals surface area contributed by atoms with E-state index in [4.69, 9.17) is 9.47 Å². The lowest BCUT2D eigenvalue weighted by Crippen LogP contribution is -2.27. The second kappa shape index (κ2) is 8.34. The Kier molecular flexibility index (Phi) is 6.17. The Morgan fingerprint density at radius 3 is 2.19 bits per heavy atom. The standard InChI is InChI=1S/C21H23NO4/c1-21(2,3)26-20(24)22-18-11-8-15(9-12-18)5-6-16-7-10-17(14-23)19(13-16)25-4/h5-14H,1-4H3,(H,22,24)/b6-5+. The van der Waals surface area contributed by atoms with E-state index in [0.29, 0.717) is 17.0 Å². The maximum Gasteiger partial charge on any atom is 0.412 e. The molecule has 0 saturated carbocycles. The highest BCUT2D eigenvalue weighted by Gasteiger charge is 2.15.